The number of rotatable bonds is 4. The standard InChI is InChI=1S/C19H14F6N2O3S/c1-27-16-7-6-12(8-13(16)15(9-17(27)28)19(23,24)25)31(29,30)26-10-11-4-2-3-5-14(11)18(20,21)22/h2-9,26H,10H2,1H3. The maximum atomic E-state index is 13.4. The van der Waals surface area contributed by atoms with Gasteiger partial charge in [0.25, 0.3) is 5.56 Å². The predicted molar refractivity (Wildman–Crippen MR) is 99.7 cm³/mol. The average molecular weight is 464 g/mol. The van der Waals surface area contributed by atoms with Crippen LogP contribution in [0.5, 0.6) is 0 Å². The van der Waals surface area contributed by atoms with Crippen molar-refractivity contribution < 1.29 is 34.8 Å². The maximum absolute atomic E-state index is 13.4. The van der Waals surface area contributed by atoms with Gasteiger partial charge in [0.05, 0.1) is 21.5 Å². The van der Waals surface area contributed by atoms with Gasteiger partial charge in [-0.3, -0.25) is 4.79 Å². The predicted octanol–water partition coefficient (Wildman–Crippen LogP) is 4.05. The lowest BCUT2D eigenvalue weighted by molar-refractivity contribution is -0.138. The lowest BCUT2D eigenvalue weighted by Gasteiger charge is -2.15. The Morgan fingerprint density at radius 3 is 2.13 bits per heavy atom. The molecule has 0 amide bonds. The number of nitrogens with zero attached hydrogens (tertiary/aromatic N) is 1. The number of fused-ring (bicyclic) bond motifs is 1. The number of nitrogens with one attached hydrogen (secondary N) is 1. The van der Waals surface area contributed by atoms with Crippen LogP contribution in [0.25, 0.3) is 10.9 Å². The van der Waals surface area contributed by atoms with Gasteiger partial charge < -0.3 is 4.57 Å². The molecule has 0 spiro atoms. The third kappa shape index (κ3) is 4.59. The second-order valence-electron chi connectivity index (χ2n) is 6.61. The number of aryl methyl sites for hydroxylation is 1. The zero-order chi connectivity index (χ0) is 23.2. The van der Waals surface area contributed by atoms with E-state index in [9.17, 15) is 39.6 Å². The van der Waals surface area contributed by atoms with Crippen molar-refractivity contribution in [2.24, 2.45) is 7.05 Å². The summed E-state index contributed by atoms with van der Waals surface area (Å²) in [6.07, 6.45) is -9.63. The van der Waals surface area contributed by atoms with Crippen LogP contribution in [0.15, 0.2) is 58.2 Å². The Morgan fingerprint density at radius 2 is 1.52 bits per heavy atom. The molecule has 5 nitrogen and oxygen atoms in total. The van der Waals surface area contributed by atoms with E-state index < -0.39 is 55.9 Å². The van der Waals surface area contributed by atoms with Gasteiger partial charge in [0, 0.05) is 25.0 Å². The summed E-state index contributed by atoms with van der Waals surface area (Å²) < 4.78 is 107. The highest BCUT2D eigenvalue weighted by Gasteiger charge is 2.35. The number of hydrogen-bond donors (Lipinski definition) is 1. The molecule has 0 aliphatic rings. The summed E-state index contributed by atoms with van der Waals surface area (Å²) in [6, 6.07) is 7.41. The van der Waals surface area contributed by atoms with Crippen molar-refractivity contribution in [3.8, 4) is 0 Å². The Hall–Kier alpha value is -2.86. The Labute approximate surface area is 172 Å². The van der Waals surface area contributed by atoms with E-state index in [4.69, 9.17) is 0 Å². The normalized spacial score (nSPS) is 13.0. The van der Waals surface area contributed by atoms with Crippen LogP contribution in [0.4, 0.5) is 26.3 Å². The number of hydrogen-bond acceptors (Lipinski definition) is 3. The molecule has 166 valence electrons. The Bertz CT molecular complexity index is 1310. The fourth-order valence-electron chi connectivity index (χ4n) is 3.05. The summed E-state index contributed by atoms with van der Waals surface area (Å²) in [5.41, 5.74) is -3.79. The van der Waals surface area contributed by atoms with Gasteiger partial charge in [-0.25, -0.2) is 13.1 Å². The lowest BCUT2D eigenvalue weighted by Crippen LogP contribution is -2.25. The Kier molecular flexibility index (Phi) is 5.65. The quantitative estimate of drug-likeness (QED) is 0.593. The fourth-order valence-corrected chi connectivity index (χ4v) is 4.08. The largest absolute Gasteiger partial charge is 0.417 e. The lowest BCUT2D eigenvalue weighted by atomic mass is 10.1. The fraction of sp³-hybridized carbons (Fsp3) is 0.211. The molecule has 2 aromatic carbocycles. The number of aromatic nitrogens is 1. The molecule has 0 saturated carbocycles. The van der Waals surface area contributed by atoms with Crippen molar-refractivity contribution in [1.82, 2.24) is 9.29 Å². The van der Waals surface area contributed by atoms with Crippen LogP contribution in [0.2, 0.25) is 0 Å². The number of sulfonamides is 1. The minimum Gasteiger partial charge on any atom is -0.311 e. The minimum absolute atomic E-state index is 0.152. The number of benzene rings is 2. The van der Waals surface area contributed by atoms with E-state index in [-0.39, 0.29) is 11.1 Å². The zero-order valence-electron chi connectivity index (χ0n) is 15.7. The van der Waals surface area contributed by atoms with E-state index in [1.54, 1.807) is 0 Å². The highest BCUT2D eigenvalue weighted by molar-refractivity contribution is 7.89. The topological polar surface area (TPSA) is 68.2 Å². The van der Waals surface area contributed by atoms with Crippen LogP contribution in [0.3, 0.4) is 0 Å². The van der Waals surface area contributed by atoms with Crippen LogP contribution in [0, 0.1) is 0 Å². The summed E-state index contributed by atoms with van der Waals surface area (Å²) >= 11 is 0. The molecule has 1 aromatic heterocycles. The van der Waals surface area contributed by atoms with E-state index in [2.05, 4.69) is 0 Å². The van der Waals surface area contributed by atoms with Crippen LogP contribution in [0.1, 0.15) is 16.7 Å². The second kappa shape index (κ2) is 7.68. The van der Waals surface area contributed by atoms with E-state index in [1.165, 1.54) is 13.1 Å². The third-order valence-corrected chi connectivity index (χ3v) is 6.01. The molecule has 31 heavy (non-hydrogen) atoms. The van der Waals surface area contributed by atoms with Gasteiger partial charge in [-0.1, -0.05) is 18.2 Å². The van der Waals surface area contributed by atoms with E-state index in [1.807, 2.05) is 4.72 Å². The molecular formula is C19H14F6N2O3S. The Balaban J connectivity index is 2.04. The SMILES string of the molecule is Cn1c(=O)cc(C(F)(F)F)c2cc(S(=O)(=O)NCc3ccccc3C(F)(F)F)ccc21. The Morgan fingerprint density at radius 1 is 0.903 bits per heavy atom. The molecule has 0 radical (unpaired) electrons. The van der Waals surface area contributed by atoms with Crippen LogP contribution < -0.4 is 10.3 Å². The summed E-state index contributed by atoms with van der Waals surface area (Å²) in [7, 11) is -3.24. The first-order valence-electron chi connectivity index (χ1n) is 8.57. The molecule has 0 aliphatic heterocycles. The summed E-state index contributed by atoms with van der Waals surface area (Å²) in [5, 5.41) is -0.534. The van der Waals surface area contributed by atoms with Gasteiger partial charge in [-0.15, -0.1) is 0 Å². The second-order valence-corrected chi connectivity index (χ2v) is 8.38. The van der Waals surface area contributed by atoms with Crippen molar-refractivity contribution in [2.75, 3.05) is 0 Å². The third-order valence-electron chi connectivity index (χ3n) is 4.61. The summed E-state index contributed by atoms with van der Waals surface area (Å²) in [6.45, 7) is -0.727. The molecule has 0 aliphatic carbocycles. The molecule has 3 aromatic rings. The van der Waals surface area contributed by atoms with Crippen molar-refractivity contribution in [1.29, 1.82) is 0 Å². The van der Waals surface area contributed by atoms with Crippen molar-refractivity contribution in [3.05, 3.63) is 75.6 Å². The van der Waals surface area contributed by atoms with Gasteiger partial charge >= 0.3 is 12.4 Å². The molecule has 0 fully saturated rings. The van der Waals surface area contributed by atoms with Gasteiger partial charge in [0.2, 0.25) is 10.0 Å². The molecule has 3 rings (SSSR count). The smallest absolute Gasteiger partial charge is 0.311 e. The van der Waals surface area contributed by atoms with Crippen LogP contribution in [-0.4, -0.2) is 13.0 Å². The number of halogens is 6. The van der Waals surface area contributed by atoms with Crippen molar-refractivity contribution >= 4 is 20.9 Å². The molecule has 0 unspecified atom stereocenters. The van der Waals surface area contributed by atoms with E-state index in [0.717, 1.165) is 41.0 Å². The van der Waals surface area contributed by atoms with Crippen molar-refractivity contribution in [2.45, 2.75) is 23.8 Å². The van der Waals surface area contributed by atoms with Gasteiger partial charge in [-0.2, -0.15) is 26.3 Å². The van der Waals surface area contributed by atoms with E-state index in [0.29, 0.717) is 6.07 Å². The van der Waals surface area contributed by atoms with Gasteiger partial charge in [0.15, 0.2) is 0 Å². The van der Waals surface area contributed by atoms with Crippen molar-refractivity contribution in [3.63, 3.8) is 0 Å². The monoisotopic (exact) mass is 464 g/mol. The zero-order valence-corrected chi connectivity index (χ0v) is 16.5. The molecule has 1 N–H and O–H groups in total. The first-order valence-corrected chi connectivity index (χ1v) is 10.1. The molecular weight excluding hydrogens is 450 g/mol. The van der Waals surface area contributed by atoms with Gasteiger partial charge in [0.1, 0.15) is 0 Å². The minimum atomic E-state index is -4.92. The van der Waals surface area contributed by atoms with Gasteiger partial charge in [-0.05, 0) is 29.8 Å². The first-order chi connectivity index (χ1) is 14.2. The average Bonchev–Trinajstić information content (AvgIpc) is 2.67. The first kappa shape index (κ1) is 22.8. The highest BCUT2D eigenvalue weighted by Crippen LogP contribution is 2.35. The molecule has 12 heteroatoms. The van der Waals surface area contributed by atoms with Crippen LogP contribution >= 0.6 is 0 Å². The van der Waals surface area contributed by atoms with E-state index >= 15 is 0 Å². The highest BCUT2D eigenvalue weighted by atomic mass is 32.2. The maximum Gasteiger partial charge on any atom is 0.417 e. The molecule has 0 bridgehead atoms. The van der Waals surface area contributed by atoms with Crippen LogP contribution in [-0.2, 0) is 36.0 Å². The number of pyridine rings is 1. The number of alkyl halides is 6. The molecule has 0 atom stereocenters. The molecule has 0 saturated heterocycles. The summed E-state index contributed by atoms with van der Waals surface area (Å²) in [5.74, 6) is 0. The molecule has 1 heterocycles. The summed E-state index contributed by atoms with van der Waals surface area (Å²) in [4.78, 5) is 11.2.